The fraction of sp³-hybridized carbons (Fsp3) is 0.333. The number of rotatable bonds is 10. The molecule has 2 unspecified atom stereocenters. The molecule has 4 nitrogen and oxygen atoms in total. The Bertz CT molecular complexity index is 1200. The molecule has 36 heavy (non-hydrogen) atoms. The van der Waals surface area contributed by atoms with Crippen molar-refractivity contribution < 1.29 is 9.59 Å². The maximum absolute atomic E-state index is 13.8. The molecular weight excluding hydrogens is 491 g/mol. The zero-order chi connectivity index (χ0) is 26.2. The van der Waals surface area contributed by atoms with Crippen LogP contribution in [0.4, 0.5) is 0 Å². The Kier molecular flexibility index (Phi) is 9.98. The first-order valence-corrected chi connectivity index (χ1v) is 13.1. The minimum absolute atomic E-state index is 0.00236. The fourth-order valence-corrected chi connectivity index (χ4v) is 4.34. The highest BCUT2D eigenvalue weighted by atomic mass is 35.5. The summed E-state index contributed by atoms with van der Waals surface area (Å²) in [4.78, 5) is 29.1. The molecule has 0 aliphatic rings. The lowest BCUT2D eigenvalue weighted by Crippen LogP contribution is -2.52. The minimum Gasteiger partial charge on any atom is -0.352 e. The second-order valence-electron chi connectivity index (χ2n) is 9.39. The van der Waals surface area contributed by atoms with Gasteiger partial charge in [0, 0.05) is 19.0 Å². The SMILES string of the molecule is CCC(C)NC(=O)C(Cc1ccccc1)N(Cc1ccc(Cl)c(Cl)c1)C(=O)Cc1ccc(C)c(C)c1. The number of nitrogens with one attached hydrogen (secondary N) is 1. The van der Waals surface area contributed by atoms with E-state index in [0.717, 1.165) is 28.7 Å². The number of nitrogens with zero attached hydrogens (tertiary/aromatic N) is 1. The van der Waals surface area contributed by atoms with Crippen molar-refractivity contribution in [3.8, 4) is 0 Å². The van der Waals surface area contributed by atoms with Crippen molar-refractivity contribution in [2.24, 2.45) is 0 Å². The van der Waals surface area contributed by atoms with Crippen LogP contribution in [-0.2, 0) is 29.0 Å². The average Bonchev–Trinajstić information content (AvgIpc) is 2.86. The van der Waals surface area contributed by atoms with E-state index in [4.69, 9.17) is 23.2 Å². The van der Waals surface area contributed by atoms with Crippen LogP contribution >= 0.6 is 23.2 Å². The highest BCUT2D eigenvalue weighted by Crippen LogP contribution is 2.25. The molecule has 2 amide bonds. The number of hydrogen-bond donors (Lipinski definition) is 1. The average molecular weight is 526 g/mol. The Morgan fingerprint density at radius 3 is 2.19 bits per heavy atom. The third-order valence-corrected chi connectivity index (χ3v) is 7.27. The van der Waals surface area contributed by atoms with Gasteiger partial charge in [0.25, 0.3) is 0 Å². The van der Waals surface area contributed by atoms with Crippen molar-refractivity contribution in [1.82, 2.24) is 10.2 Å². The first kappa shape index (κ1) is 27.8. The van der Waals surface area contributed by atoms with Gasteiger partial charge in [-0.15, -0.1) is 0 Å². The summed E-state index contributed by atoms with van der Waals surface area (Å²) < 4.78 is 0. The van der Waals surface area contributed by atoms with Crippen molar-refractivity contribution in [2.45, 2.75) is 65.6 Å². The molecule has 3 rings (SSSR count). The molecule has 0 aliphatic carbocycles. The Hall–Kier alpha value is -2.82. The van der Waals surface area contributed by atoms with Crippen molar-refractivity contribution >= 4 is 35.0 Å². The van der Waals surface area contributed by atoms with Crippen LogP contribution in [0.1, 0.15) is 48.1 Å². The molecule has 0 aromatic heterocycles. The van der Waals surface area contributed by atoms with Gasteiger partial charge in [0.05, 0.1) is 16.5 Å². The monoisotopic (exact) mass is 524 g/mol. The molecule has 3 aromatic carbocycles. The van der Waals surface area contributed by atoms with Gasteiger partial charge in [-0.05, 0) is 67.1 Å². The molecule has 0 saturated heterocycles. The number of carbonyl (C=O) groups excluding carboxylic acids is 2. The molecule has 2 atom stereocenters. The smallest absolute Gasteiger partial charge is 0.243 e. The van der Waals surface area contributed by atoms with Gasteiger partial charge in [0.15, 0.2) is 0 Å². The van der Waals surface area contributed by atoms with Crippen LogP contribution in [0.15, 0.2) is 66.7 Å². The van der Waals surface area contributed by atoms with Gasteiger partial charge in [-0.1, -0.05) is 84.7 Å². The summed E-state index contributed by atoms with van der Waals surface area (Å²) in [6.45, 7) is 8.32. The quantitative estimate of drug-likeness (QED) is 0.320. The summed E-state index contributed by atoms with van der Waals surface area (Å²) in [5.41, 5.74) is 5.02. The zero-order valence-electron chi connectivity index (χ0n) is 21.4. The van der Waals surface area contributed by atoms with E-state index in [1.165, 1.54) is 5.56 Å². The van der Waals surface area contributed by atoms with Crippen molar-refractivity contribution in [2.75, 3.05) is 0 Å². The number of hydrogen-bond acceptors (Lipinski definition) is 2. The number of halogens is 2. The van der Waals surface area contributed by atoms with E-state index < -0.39 is 6.04 Å². The second-order valence-corrected chi connectivity index (χ2v) is 10.2. The molecule has 0 saturated carbocycles. The molecule has 0 heterocycles. The summed E-state index contributed by atoms with van der Waals surface area (Å²) in [5, 5.41) is 3.96. The van der Waals surface area contributed by atoms with Crippen LogP contribution in [0.2, 0.25) is 10.0 Å². The minimum atomic E-state index is -0.685. The number of aryl methyl sites for hydroxylation is 2. The summed E-state index contributed by atoms with van der Waals surface area (Å²) in [6, 6.07) is 20.5. The van der Waals surface area contributed by atoms with E-state index >= 15 is 0 Å². The first-order chi connectivity index (χ1) is 17.2. The zero-order valence-corrected chi connectivity index (χ0v) is 22.9. The number of amides is 2. The van der Waals surface area contributed by atoms with E-state index in [-0.39, 0.29) is 30.8 Å². The molecule has 6 heteroatoms. The topological polar surface area (TPSA) is 49.4 Å². The number of carbonyl (C=O) groups is 2. The summed E-state index contributed by atoms with van der Waals surface area (Å²) in [5.74, 6) is -0.286. The predicted octanol–water partition coefficient (Wildman–Crippen LogP) is 6.71. The third kappa shape index (κ3) is 7.59. The molecule has 0 spiro atoms. The molecule has 0 fully saturated rings. The van der Waals surface area contributed by atoms with Gasteiger partial charge < -0.3 is 10.2 Å². The molecule has 1 N–H and O–H groups in total. The first-order valence-electron chi connectivity index (χ1n) is 12.3. The molecule has 3 aromatic rings. The Labute approximate surface area is 224 Å². The molecule has 0 radical (unpaired) electrons. The Balaban J connectivity index is 2.00. The molecule has 0 bridgehead atoms. The normalized spacial score (nSPS) is 12.6. The largest absolute Gasteiger partial charge is 0.352 e. The van der Waals surface area contributed by atoms with Crippen LogP contribution in [0.3, 0.4) is 0 Å². The Morgan fingerprint density at radius 1 is 0.861 bits per heavy atom. The Morgan fingerprint density at radius 2 is 1.56 bits per heavy atom. The van der Waals surface area contributed by atoms with Crippen molar-refractivity contribution in [3.63, 3.8) is 0 Å². The standard InChI is InChI=1S/C30H34Cl2N2O2/c1-5-22(4)33-30(36)28(17-23-9-7-6-8-10-23)34(19-25-13-14-26(31)27(32)16-25)29(35)18-24-12-11-20(2)21(3)15-24/h6-16,22,28H,5,17-19H2,1-4H3,(H,33,36). The van der Waals surface area contributed by atoms with Crippen molar-refractivity contribution in [3.05, 3.63) is 105 Å². The van der Waals surface area contributed by atoms with E-state index in [1.54, 1.807) is 17.0 Å². The van der Waals surface area contributed by atoms with E-state index in [9.17, 15) is 9.59 Å². The number of benzene rings is 3. The van der Waals surface area contributed by atoms with Crippen LogP contribution in [0.5, 0.6) is 0 Å². The fourth-order valence-electron chi connectivity index (χ4n) is 4.02. The van der Waals surface area contributed by atoms with E-state index in [2.05, 4.69) is 5.32 Å². The summed E-state index contributed by atoms with van der Waals surface area (Å²) in [6.07, 6.45) is 1.40. The maximum atomic E-state index is 13.8. The predicted molar refractivity (Wildman–Crippen MR) is 148 cm³/mol. The lowest BCUT2D eigenvalue weighted by atomic mass is 10.00. The van der Waals surface area contributed by atoms with Gasteiger partial charge >= 0.3 is 0 Å². The van der Waals surface area contributed by atoms with Crippen LogP contribution in [-0.4, -0.2) is 28.8 Å². The molecule has 190 valence electrons. The van der Waals surface area contributed by atoms with Crippen LogP contribution in [0, 0.1) is 13.8 Å². The molecular formula is C30H34Cl2N2O2. The molecule has 0 aliphatic heterocycles. The lowest BCUT2D eigenvalue weighted by Gasteiger charge is -2.32. The van der Waals surface area contributed by atoms with Crippen LogP contribution < -0.4 is 5.32 Å². The highest BCUT2D eigenvalue weighted by Gasteiger charge is 2.31. The van der Waals surface area contributed by atoms with E-state index in [0.29, 0.717) is 16.5 Å². The van der Waals surface area contributed by atoms with Crippen LogP contribution in [0.25, 0.3) is 0 Å². The van der Waals surface area contributed by atoms with Gasteiger partial charge in [-0.3, -0.25) is 9.59 Å². The van der Waals surface area contributed by atoms with E-state index in [1.807, 2.05) is 82.3 Å². The van der Waals surface area contributed by atoms with Crippen molar-refractivity contribution in [1.29, 1.82) is 0 Å². The summed E-state index contributed by atoms with van der Waals surface area (Å²) >= 11 is 12.4. The summed E-state index contributed by atoms with van der Waals surface area (Å²) in [7, 11) is 0. The lowest BCUT2D eigenvalue weighted by molar-refractivity contribution is -0.141. The highest BCUT2D eigenvalue weighted by molar-refractivity contribution is 6.42. The second kappa shape index (κ2) is 12.9. The van der Waals surface area contributed by atoms with Gasteiger partial charge in [0.1, 0.15) is 6.04 Å². The van der Waals surface area contributed by atoms with Gasteiger partial charge in [-0.25, -0.2) is 0 Å². The maximum Gasteiger partial charge on any atom is 0.243 e. The van der Waals surface area contributed by atoms with Gasteiger partial charge in [-0.2, -0.15) is 0 Å². The third-order valence-electron chi connectivity index (χ3n) is 6.54. The van der Waals surface area contributed by atoms with Gasteiger partial charge in [0.2, 0.25) is 11.8 Å².